The van der Waals surface area contributed by atoms with Crippen molar-refractivity contribution in [1.82, 2.24) is 24.6 Å². The number of alkyl halides is 3. The molecule has 4 rings (SSSR count). The van der Waals surface area contributed by atoms with E-state index in [1.807, 2.05) is 10.7 Å². The fourth-order valence-corrected chi connectivity index (χ4v) is 5.03. The second-order valence-electron chi connectivity index (χ2n) is 9.19. The Hall–Kier alpha value is -1.97. The van der Waals surface area contributed by atoms with Gasteiger partial charge in [0.2, 0.25) is 0 Å². The van der Waals surface area contributed by atoms with Crippen molar-refractivity contribution >= 4 is 0 Å². The lowest BCUT2D eigenvalue weighted by molar-refractivity contribution is -0.141. The Morgan fingerprint density at radius 1 is 1.12 bits per heavy atom. The van der Waals surface area contributed by atoms with Gasteiger partial charge < -0.3 is 5.11 Å². The molecule has 32 heavy (non-hydrogen) atoms. The molecule has 0 bridgehead atoms. The monoisotopic (exact) mass is 451 g/mol. The number of aromatic nitrogens is 3. The minimum absolute atomic E-state index is 0.169. The van der Waals surface area contributed by atoms with E-state index >= 15 is 0 Å². The van der Waals surface area contributed by atoms with Crippen LogP contribution < -0.4 is 0 Å². The zero-order valence-electron chi connectivity index (χ0n) is 18.7. The maximum absolute atomic E-state index is 12.9. The summed E-state index contributed by atoms with van der Waals surface area (Å²) < 4.78 is 40.6. The molecule has 2 atom stereocenters. The van der Waals surface area contributed by atoms with E-state index in [0.29, 0.717) is 23.2 Å². The molecule has 2 aromatic rings. The number of pyridine rings is 1. The molecule has 1 saturated heterocycles. The summed E-state index contributed by atoms with van der Waals surface area (Å²) in [6, 6.07) is 5.22. The Bertz CT molecular complexity index is 888. The number of nitrogens with zero attached hydrogens (tertiary/aromatic N) is 5. The number of halogens is 3. The standard InChI is InChI=1S/C23H32F3N5O/c1-16(2)31-21(14-20(28-31)18-4-6-22(27-15-18)23(24,25)26)17-3-5-19(13-17)30-9-7-29(8-10-30)11-12-32/h4,6,14-17,19,32H,3,5,7-13H2,1-2H3/t17-,19-/m1/s1. The van der Waals surface area contributed by atoms with E-state index in [9.17, 15) is 13.2 Å². The van der Waals surface area contributed by atoms with Gasteiger partial charge in [-0.05, 0) is 51.3 Å². The van der Waals surface area contributed by atoms with E-state index in [4.69, 9.17) is 10.2 Å². The van der Waals surface area contributed by atoms with Crippen molar-refractivity contribution in [3.05, 3.63) is 35.8 Å². The summed E-state index contributed by atoms with van der Waals surface area (Å²) in [4.78, 5) is 8.48. The highest BCUT2D eigenvalue weighted by molar-refractivity contribution is 5.58. The van der Waals surface area contributed by atoms with Crippen LogP contribution in [-0.4, -0.2) is 75.0 Å². The van der Waals surface area contributed by atoms with Gasteiger partial charge in [0.1, 0.15) is 5.69 Å². The first-order valence-electron chi connectivity index (χ1n) is 11.5. The van der Waals surface area contributed by atoms with Crippen molar-refractivity contribution in [2.24, 2.45) is 0 Å². The summed E-state index contributed by atoms with van der Waals surface area (Å²) in [7, 11) is 0. The van der Waals surface area contributed by atoms with E-state index in [2.05, 4.69) is 28.6 Å². The van der Waals surface area contributed by atoms with Gasteiger partial charge in [-0.3, -0.25) is 19.5 Å². The summed E-state index contributed by atoms with van der Waals surface area (Å²) in [6.45, 7) is 9.17. The summed E-state index contributed by atoms with van der Waals surface area (Å²) in [5, 5.41) is 13.9. The molecule has 1 aliphatic heterocycles. The molecule has 2 fully saturated rings. The number of hydrogen-bond donors (Lipinski definition) is 1. The minimum atomic E-state index is -4.44. The molecule has 1 saturated carbocycles. The Morgan fingerprint density at radius 3 is 2.47 bits per heavy atom. The van der Waals surface area contributed by atoms with E-state index in [-0.39, 0.29) is 12.6 Å². The molecule has 0 spiro atoms. The molecule has 0 amide bonds. The van der Waals surface area contributed by atoms with E-state index in [1.54, 1.807) is 0 Å². The smallest absolute Gasteiger partial charge is 0.395 e. The minimum Gasteiger partial charge on any atom is -0.395 e. The summed E-state index contributed by atoms with van der Waals surface area (Å²) in [5.74, 6) is 0.390. The molecular formula is C23H32F3N5O. The first kappa shape index (κ1) is 23.2. The third kappa shape index (κ3) is 5.00. The van der Waals surface area contributed by atoms with Gasteiger partial charge in [-0.1, -0.05) is 0 Å². The largest absolute Gasteiger partial charge is 0.433 e. The number of piperazine rings is 1. The van der Waals surface area contributed by atoms with Gasteiger partial charge in [0, 0.05) is 68.2 Å². The van der Waals surface area contributed by atoms with E-state index < -0.39 is 11.9 Å². The zero-order chi connectivity index (χ0) is 22.9. The van der Waals surface area contributed by atoms with Gasteiger partial charge in [0.05, 0.1) is 12.3 Å². The van der Waals surface area contributed by atoms with Crippen molar-refractivity contribution in [1.29, 1.82) is 0 Å². The number of hydrogen-bond acceptors (Lipinski definition) is 5. The van der Waals surface area contributed by atoms with Crippen LogP contribution in [0, 0.1) is 0 Å². The molecule has 1 N–H and O–H groups in total. The Kier molecular flexibility index (Phi) is 6.88. The van der Waals surface area contributed by atoms with Crippen molar-refractivity contribution < 1.29 is 18.3 Å². The number of rotatable bonds is 6. The lowest BCUT2D eigenvalue weighted by Crippen LogP contribution is -2.50. The highest BCUT2D eigenvalue weighted by Crippen LogP contribution is 2.39. The van der Waals surface area contributed by atoms with E-state index in [1.165, 1.54) is 12.3 Å². The number of β-amino-alcohol motifs (C(OH)–C–C–N with tert-alkyl or cyclic N) is 1. The van der Waals surface area contributed by atoms with Crippen molar-refractivity contribution in [3.63, 3.8) is 0 Å². The molecule has 1 aliphatic carbocycles. The summed E-state index contributed by atoms with van der Waals surface area (Å²) in [6.07, 6.45) is 0.130. The normalized spacial score (nSPS) is 23.3. The molecule has 2 aliphatic rings. The SMILES string of the molecule is CC(C)n1nc(-c2ccc(C(F)(F)F)nc2)cc1[C@@H]1CC[C@@H](N2CCN(CCO)CC2)C1. The Balaban J connectivity index is 1.48. The van der Waals surface area contributed by atoms with Crippen molar-refractivity contribution in [3.8, 4) is 11.3 Å². The molecule has 176 valence electrons. The van der Waals surface area contributed by atoms with Crippen LogP contribution in [0.1, 0.15) is 56.5 Å². The maximum atomic E-state index is 12.9. The third-order valence-electron chi connectivity index (χ3n) is 6.77. The van der Waals surface area contributed by atoms with Crippen LogP contribution in [0.25, 0.3) is 11.3 Å². The second-order valence-corrected chi connectivity index (χ2v) is 9.19. The molecule has 0 unspecified atom stereocenters. The predicted molar refractivity (Wildman–Crippen MR) is 116 cm³/mol. The average molecular weight is 452 g/mol. The quantitative estimate of drug-likeness (QED) is 0.724. The van der Waals surface area contributed by atoms with Crippen molar-refractivity contribution in [2.45, 2.75) is 57.3 Å². The molecular weight excluding hydrogens is 419 g/mol. The first-order chi connectivity index (χ1) is 15.3. The van der Waals surface area contributed by atoms with Crippen molar-refractivity contribution in [2.75, 3.05) is 39.3 Å². The van der Waals surface area contributed by atoms with Gasteiger partial charge in [0.25, 0.3) is 0 Å². The van der Waals surface area contributed by atoms with Crippen LogP contribution in [0.2, 0.25) is 0 Å². The number of aliphatic hydroxyl groups is 1. The zero-order valence-corrected chi connectivity index (χ0v) is 18.7. The number of aliphatic hydroxyl groups excluding tert-OH is 1. The second kappa shape index (κ2) is 9.49. The molecule has 0 aromatic carbocycles. The van der Waals surface area contributed by atoms with Gasteiger partial charge in [-0.2, -0.15) is 18.3 Å². The van der Waals surface area contributed by atoms with Crippen LogP contribution in [0.15, 0.2) is 24.4 Å². The van der Waals surface area contributed by atoms with Gasteiger partial charge in [-0.15, -0.1) is 0 Å². The summed E-state index contributed by atoms with van der Waals surface area (Å²) >= 11 is 0. The first-order valence-corrected chi connectivity index (χ1v) is 11.5. The molecule has 0 radical (unpaired) electrons. The van der Waals surface area contributed by atoms with Crippen LogP contribution in [0.3, 0.4) is 0 Å². The highest BCUT2D eigenvalue weighted by Gasteiger charge is 2.34. The topological polar surface area (TPSA) is 57.4 Å². The molecule has 2 aromatic heterocycles. The Labute approximate surface area is 187 Å². The Morgan fingerprint density at radius 2 is 1.88 bits per heavy atom. The lowest BCUT2D eigenvalue weighted by Gasteiger charge is -2.38. The van der Waals surface area contributed by atoms with Crippen LogP contribution in [0.4, 0.5) is 13.2 Å². The maximum Gasteiger partial charge on any atom is 0.433 e. The van der Waals surface area contributed by atoms with Crippen LogP contribution >= 0.6 is 0 Å². The fourth-order valence-electron chi connectivity index (χ4n) is 5.03. The molecule has 6 nitrogen and oxygen atoms in total. The summed E-state index contributed by atoms with van der Waals surface area (Å²) in [5.41, 5.74) is 1.56. The van der Waals surface area contributed by atoms with Gasteiger partial charge in [0.15, 0.2) is 0 Å². The van der Waals surface area contributed by atoms with E-state index in [0.717, 1.165) is 63.7 Å². The average Bonchev–Trinajstić information content (AvgIpc) is 3.42. The highest BCUT2D eigenvalue weighted by atomic mass is 19.4. The van der Waals surface area contributed by atoms with Crippen LogP contribution in [-0.2, 0) is 6.18 Å². The lowest BCUT2D eigenvalue weighted by atomic mass is 10.0. The third-order valence-corrected chi connectivity index (χ3v) is 6.77. The fraction of sp³-hybridized carbons (Fsp3) is 0.652. The predicted octanol–water partition coefficient (Wildman–Crippen LogP) is 3.79. The van der Waals surface area contributed by atoms with Gasteiger partial charge >= 0.3 is 6.18 Å². The van der Waals surface area contributed by atoms with Crippen LogP contribution in [0.5, 0.6) is 0 Å². The van der Waals surface area contributed by atoms with Gasteiger partial charge in [-0.25, -0.2) is 0 Å². The molecule has 3 heterocycles. The molecule has 9 heteroatoms.